The van der Waals surface area contributed by atoms with Gasteiger partial charge in [0, 0.05) is 18.5 Å². The molecule has 0 spiro atoms. The van der Waals surface area contributed by atoms with Crippen LogP contribution in [0.3, 0.4) is 0 Å². The number of anilines is 1. The molecule has 0 amide bonds. The fraction of sp³-hybridized carbons (Fsp3) is 0.476. The number of aromatic nitrogens is 4. The molecule has 3 aromatic rings. The van der Waals surface area contributed by atoms with Crippen LogP contribution in [0.1, 0.15) is 55.8 Å². The predicted octanol–water partition coefficient (Wildman–Crippen LogP) is 3.99. The highest BCUT2D eigenvalue weighted by Gasteiger charge is 2.30. The van der Waals surface area contributed by atoms with Crippen molar-refractivity contribution in [2.45, 2.75) is 56.9 Å². The van der Waals surface area contributed by atoms with E-state index in [9.17, 15) is 0 Å². The van der Waals surface area contributed by atoms with Gasteiger partial charge < -0.3 is 4.90 Å². The van der Waals surface area contributed by atoms with Crippen LogP contribution in [-0.2, 0) is 6.42 Å². The fourth-order valence-electron chi connectivity index (χ4n) is 4.17. The Labute approximate surface area is 154 Å². The third kappa shape index (κ3) is 3.06. The molecule has 1 unspecified atom stereocenters. The molecule has 1 saturated heterocycles. The highest BCUT2D eigenvalue weighted by atomic mass is 15.4. The van der Waals surface area contributed by atoms with Crippen LogP contribution in [0.2, 0.25) is 0 Å². The van der Waals surface area contributed by atoms with Crippen molar-refractivity contribution in [2.75, 3.05) is 11.4 Å². The SMILES string of the molecule is c1ccc(CCCC2CCCN2c2ccc3nnc(C4CC4)n3n2)cc1. The van der Waals surface area contributed by atoms with Crippen molar-refractivity contribution in [1.82, 2.24) is 19.8 Å². The third-order valence-electron chi connectivity index (χ3n) is 5.73. The molecule has 1 aliphatic heterocycles. The zero-order valence-corrected chi connectivity index (χ0v) is 15.1. The monoisotopic (exact) mass is 347 g/mol. The molecular weight excluding hydrogens is 322 g/mol. The fourth-order valence-corrected chi connectivity index (χ4v) is 4.17. The minimum atomic E-state index is 0.563. The van der Waals surface area contributed by atoms with Crippen molar-refractivity contribution in [1.29, 1.82) is 0 Å². The smallest absolute Gasteiger partial charge is 0.178 e. The maximum Gasteiger partial charge on any atom is 0.178 e. The van der Waals surface area contributed by atoms with E-state index in [1.165, 1.54) is 44.1 Å². The van der Waals surface area contributed by atoms with Crippen LogP contribution in [0.4, 0.5) is 5.82 Å². The van der Waals surface area contributed by atoms with Crippen molar-refractivity contribution >= 4 is 11.5 Å². The summed E-state index contributed by atoms with van der Waals surface area (Å²) in [6.07, 6.45) is 8.59. The normalized spacial score (nSPS) is 20.2. The molecule has 2 fully saturated rings. The molecule has 3 heterocycles. The molecule has 2 aliphatic rings. The molecule has 0 radical (unpaired) electrons. The summed E-state index contributed by atoms with van der Waals surface area (Å²) in [5.74, 6) is 2.69. The number of hydrogen-bond acceptors (Lipinski definition) is 4. The Bertz CT molecular complexity index is 884. The summed E-state index contributed by atoms with van der Waals surface area (Å²) in [6.45, 7) is 1.11. The molecule has 26 heavy (non-hydrogen) atoms. The number of aryl methyl sites for hydroxylation is 1. The van der Waals surface area contributed by atoms with E-state index in [1.807, 2.05) is 4.52 Å². The molecule has 1 aliphatic carbocycles. The molecule has 1 saturated carbocycles. The first-order chi connectivity index (χ1) is 12.9. The summed E-state index contributed by atoms with van der Waals surface area (Å²) in [5, 5.41) is 13.6. The number of nitrogens with zero attached hydrogens (tertiary/aromatic N) is 5. The minimum absolute atomic E-state index is 0.563. The van der Waals surface area contributed by atoms with Gasteiger partial charge in [0.15, 0.2) is 11.5 Å². The van der Waals surface area contributed by atoms with Crippen molar-refractivity contribution in [3.63, 3.8) is 0 Å². The number of rotatable bonds is 6. The lowest BCUT2D eigenvalue weighted by molar-refractivity contribution is 0.574. The van der Waals surface area contributed by atoms with Crippen LogP contribution in [0, 0.1) is 0 Å². The minimum Gasteiger partial charge on any atom is -0.352 e. The van der Waals surface area contributed by atoms with E-state index >= 15 is 0 Å². The Morgan fingerprint density at radius 3 is 2.69 bits per heavy atom. The summed E-state index contributed by atoms with van der Waals surface area (Å²) < 4.78 is 1.98. The quantitative estimate of drug-likeness (QED) is 0.676. The zero-order chi connectivity index (χ0) is 17.3. The maximum absolute atomic E-state index is 4.91. The van der Waals surface area contributed by atoms with Crippen LogP contribution >= 0.6 is 0 Å². The topological polar surface area (TPSA) is 46.3 Å². The van der Waals surface area contributed by atoms with E-state index in [1.54, 1.807) is 0 Å². The summed E-state index contributed by atoms with van der Waals surface area (Å²) in [4.78, 5) is 2.50. The van der Waals surface area contributed by atoms with E-state index in [0.717, 1.165) is 30.3 Å². The van der Waals surface area contributed by atoms with Crippen LogP contribution in [-0.4, -0.2) is 32.4 Å². The van der Waals surface area contributed by atoms with Gasteiger partial charge in [-0.3, -0.25) is 0 Å². The molecule has 1 aromatic carbocycles. The van der Waals surface area contributed by atoms with Gasteiger partial charge in [-0.15, -0.1) is 15.3 Å². The third-order valence-corrected chi connectivity index (χ3v) is 5.73. The second kappa shape index (κ2) is 6.71. The Hall–Kier alpha value is -2.43. The average molecular weight is 347 g/mol. The van der Waals surface area contributed by atoms with Gasteiger partial charge >= 0.3 is 0 Å². The van der Waals surface area contributed by atoms with Crippen LogP contribution in [0.25, 0.3) is 5.65 Å². The summed E-state index contributed by atoms with van der Waals surface area (Å²) in [5.41, 5.74) is 2.31. The largest absolute Gasteiger partial charge is 0.352 e. The van der Waals surface area contributed by atoms with Crippen LogP contribution < -0.4 is 4.90 Å². The van der Waals surface area contributed by atoms with Gasteiger partial charge in [-0.05, 0) is 62.6 Å². The predicted molar refractivity (Wildman–Crippen MR) is 103 cm³/mol. The molecule has 5 nitrogen and oxygen atoms in total. The van der Waals surface area contributed by atoms with Crippen molar-refractivity contribution in [3.8, 4) is 0 Å². The Balaban J connectivity index is 1.30. The van der Waals surface area contributed by atoms with E-state index in [4.69, 9.17) is 5.10 Å². The molecule has 5 rings (SSSR count). The lowest BCUT2D eigenvalue weighted by Gasteiger charge is -2.25. The van der Waals surface area contributed by atoms with Crippen molar-refractivity contribution < 1.29 is 0 Å². The van der Waals surface area contributed by atoms with Gasteiger partial charge in [0.1, 0.15) is 5.82 Å². The highest BCUT2D eigenvalue weighted by molar-refractivity contribution is 5.47. The van der Waals surface area contributed by atoms with Crippen molar-refractivity contribution in [2.24, 2.45) is 0 Å². The molecule has 2 aromatic heterocycles. The molecule has 0 bridgehead atoms. The Kier molecular flexibility index (Phi) is 4.07. The van der Waals surface area contributed by atoms with Crippen molar-refractivity contribution in [3.05, 3.63) is 53.9 Å². The highest BCUT2D eigenvalue weighted by Crippen LogP contribution is 2.39. The number of hydrogen-bond donors (Lipinski definition) is 0. The zero-order valence-electron chi connectivity index (χ0n) is 15.1. The summed E-state index contributed by atoms with van der Waals surface area (Å²) in [7, 11) is 0. The van der Waals surface area contributed by atoms with Crippen LogP contribution in [0.15, 0.2) is 42.5 Å². The lowest BCUT2D eigenvalue weighted by atomic mass is 10.0. The van der Waals surface area contributed by atoms with Gasteiger partial charge in [-0.25, -0.2) is 0 Å². The first-order valence-electron chi connectivity index (χ1n) is 9.91. The van der Waals surface area contributed by atoms with E-state index in [0.29, 0.717) is 12.0 Å². The second-order valence-electron chi connectivity index (χ2n) is 7.66. The van der Waals surface area contributed by atoms with Crippen LogP contribution in [0.5, 0.6) is 0 Å². The number of benzene rings is 1. The summed E-state index contributed by atoms with van der Waals surface area (Å²) in [6, 6.07) is 15.6. The number of fused-ring (bicyclic) bond motifs is 1. The molecule has 0 N–H and O–H groups in total. The van der Waals surface area contributed by atoms with Gasteiger partial charge in [0.25, 0.3) is 0 Å². The molecule has 134 valence electrons. The first kappa shape index (κ1) is 15.8. The summed E-state index contributed by atoms with van der Waals surface area (Å²) >= 11 is 0. The molecule has 1 atom stereocenters. The van der Waals surface area contributed by atoms with Gasteiger partial charge in [0.2, 0.25) is 0 Å². The Morgan fingerprint density at radius 2 is 1.85 bits per heavy atom. The first-order valence-corrected chi connectivity index (χ1v) is 9.91. The second-order valence-corrected chi connectivity index (χ2v) is 7.66. The average Bonchev–Trinajstić information content (AvgIpc) is 3.26. The maximum atomic E-state index is 4.91. The molecular formula is C21H25N5. The lowest BCUT2D eigenvalue weighted by Crippen LogP contribution is -2.30. The van der Waals surface area contributed by atoms with E-state index in [-0.39, 0.29) is 0 Å². The van der Waals surface area contributed by atoms with Gasteiger partial charge in [-0.2, -0.15) is 4.52 Å². The van der Waals surface area contributed by atoms with Gasteiger partial charge in [0.05, 0.1) is 0 Å². The Morgan fingerprint density at radius 1 is 0.962 bits per heavy atom. The molecule has 5 heteroatoms. The van der Waals surface area contributed by atoms with E-state index < -0.39 is 0 Å². The standard InChI is InChI=1S/C21H25N5/c1-2-6-16(7-3-1)8-4-9-18-10-5-15-25(18)20-14-13-19-22-23-21(17-11-12-17)26(19)24-20/h1-3,6-7,13-14,17-18H,4-5,8-12,15H2. The van der Waals surface area contributed by atoms with E-state index in [2.05, 4.69) is 57.6 Å². The van der Waals surface area contributed by atoms with Gasteiger partial charge in [-0.1, -0.05) is 30.3 Å².